The van der Waals surface area contributed by atoms with Crippen LogP contribution in [-0.2, 0) is 20.1 Å². The van der Waals surface area contributed by atoms with Crippen molar-refractivity contribution in [1.82, 2.24) is 0 Å². The van der Waals surface area contributed by atoms with Crippen molar-refractivity contribution < 1.29 is 55.7 Å². The molecule has 1 aromatic rings. The van der Waals surface area contributed by atoms with Crippen LogP contribution in [0.3, 0.4) is 0 Å². The fourth-order valence-electron chi connectivity index (χ4n) is 1.12. The van der Waals surface area contributed by atoms with Gasteiger partial charge in [-0.1, -0.05) is 0 Å². The van der Waals surface area contributed by atoms with Gasteiger partial charge in [-0.15, -0.1) is 0 Å². The first-order valence-electron chi connectivity index (χ1n) is 4.53. The van der Waals surface area contributed by atoms with Crippen molar-refractivity contribution in [3.63, 3.8) is 0 Å². The number of methoxy groups -OCH3 is 1. The monoisotopic (exact) mass is 315 g/mol. The van der Waals surface area contributed by atoms with Crippen molar-refractivity contribution in [1.29, 1.82) is 0 Å². The summed E-state index contributed by atoms with van der Waals surface area (Å²) in [5.41, 5.74) is 0.0832. The summed E-state index contributed by atoms with van der Waals surface area (Å²) >= 11 is 0. The molecule has 10 heteroatoms. The number of rotatable bonds is 4. The molecule has 0 spiro atoms. The number of hydrogen-bond donors (Lipinski definition) is 0. The zero-order chi connectivity index (χ0) is 14.0. The van der Waals surface area contributed by atoms with E-state index >= 15 is 0 Å². The van der Waals surface area contributed by atoms with E-state index in [2.05, 4.69) is 4.40 Å². The second kappa shape index (κ2) is 6.82. The van der Waals surface area contributed by atoms with E-state index in [4.69, 9.17) is 4.74 Å². The zero-order valence-electron chi connectivity index (χ0n) is 10.5. The van der Waals surface area contributed by atoms with Gasteiger partial charge in [-0.2, -0.15) is 4.40 Å². The maximum atomic E-state index is 10.9. The first-order valence-corrected chi connectivity index (χ1v) is 7.78. The Morgan fingerprint density at radius 2 is 1.84 bits per heavy atom. The predicted octanol–water partition coefficient (Wildman–Crippen LogP) is -3.02. The summed E-state index contributed by atoms with van der Waals surface area (Å²) in [6.45, 7) is 0. The third-order valence-corrected chi connectivity index (χ3v) is 3.19. The molecule has 19 heavy (non-hydrogen) atoms. The minimum atomic E-state index is -4.62. The molecule has 7 nitrogen and oxygen atoms in total. The van der Waals surface area contributed by atoms with E-state index in [0.29, 0.717) is 0 Å². The first-order chi connectivity index (χ1) is 8.13. The summed E-state index contributed by atoms with van der Waals surface area (Å²) in [6, 6.07) is 3.31. The Morgan fingerprint density at radius 1 is 1.26 bits per heavy atom. The maximum Gasteiger partial charge on any atom is 1.00 e. The van der Waals surface area contributed by atoms with E-state index in [1.54, 1.807) is 0 Å². The molecule has 1 rings (SSSR count). The standard InChI is InChI=1S/C9H11NO6S2.Na/c1-16-9-4-3-8(18(13,14)15)5-7(9)6-10-17(2,11)12;/h3-6H,1-2H3,(H,13,14,15);/q;+1/p-1. The molecule has 0 unspecified atom stereocenters. The summed E-state index contributed by atoms with van der Waals surface area (Å²) in [4.78, 5) is -0.488. The summed E-state index contributed by atoms with van der Waals surface area (Å²) in [7, 11) is -6.91. The van der Waals surface area contributed by atoms with Crippen LogP contribution in [0.4, 0.5) is 0 Å². The molecule has 0 aliphatic rings. The molecular formula is C9H10NNaO6S2. The average Bonchev–Trinajstić information content (AvgIpc) is 2.23. The Balaban J connectivity index is 0.00000324. The number of hydrogen-bond acceptors (Lipinski definition) is 6. The van der Waals surface area contributed by atoms with Crippen molar-refractivity contribution >= 4 is 26.4 Å². The molecular weight excluding hydrogens is 305 g/mol. The van der Waals surface area contributed by atoms with E-state index in [9.17, 15) is 21.4 Å². The number of benzene rings is 1. The van der Waals surface area contributed by atoms with Crippen LogP contribution >= 0.6 is 0 Å². The van der Waals surface area contributed by atoms with Crippen LogP contribution in [0, 0.1) is 0 Å². The second-order valence-electron chi connectivity index (χ2n) is 3.33. The summed E-state index contributed by atoms with van der Waals surface area (Å²) < 4.78 is 62.3. The summed E-state index contributed by atoms with van der Waals surface area (Å²) in [6.07, 6.45) is 1.80. The van der Waals surface area contributed by atoms with Gasteiger partial charge in [0.05, 0.1) is 24.5 Å². The normalized spacial score (nSPS) is 12.2. The van der Waals surface area contributed by atoms with E-state index in [1.165, 1.54) is 13.2 Å². The molecule has 0 radical (unpaired) electrons. The molecule has 0 fully saturated rings. The zero-order valence-corrected chi connectivity index (χ0v) is 14.2. The minimum absolute atomic E-state index is 0. The Kier molecular flexibility index (Phi) is 6.66. The first kappa shape index (κ1) is 18.6. The van der Waals surface area contributed by atoms with Crippen molar-refractivity contribution in [3.05, 3.63) is 23.8 Å². The van der Waals surface area contributed by atoms with Crippen LogP contribution in [0.2, 0.25) is 0 Å². The van der Waals surface area contributed by atoms with Crippen molar-refractivity contribution in [2.45, 2.75) is 4.90 Å². The Hall–Kier alpha value is -0.450. The van der Waals surface area contributed by atoms with Gasteiger partial charge in [0.1, 0.15) is 15.9 Å². The van der Waals surface area contributed by atoms with E-state index in [0.717, 1.165) is 24.6 Å². The van der Waals surface area contributed by atoms with Crippen LogP contribution in [-0.4, -0.2) is 41.0 Å². The van der Waals surface area contributed by atoms with Crippen LogP contribution in [0.25, 0.3) is 0 Å². The molecule has 0 atom stereocenters. The maximum absolute atomic E-state index is 10.9. The molecule has 0 N–H and O–H groups in total. The minimum Gasteiger partial charge on any atom is -0.744 e. The van der Waals surface area contributed by atoms with Crippen LogP contribution in [0.1, 0.15) is 5.56 Å². The molecule has 0 aliphatic carbocycles. The van der Waals surface area contributed by atoms with Gasteiger partial charge in [0.25, 0.3) is 0 Å². The molecule has 0 aromatic heterocycles. The average molecular weight is 315 g/mol. The van der Waals surface area contributed by atoms with Gasteiger partial charge >= 0.3 is 29.6 Å². The molecule has 0 saturated heterocycles. The molecule has 0 saturated carbocycles. The topological polar surface area (TPSA) is 113 Å². The Labute approximate surface area is 133 Å². The number of ether oxygens (including phenoxy) is 1. The van der Waals surface area contributed by atoms with Crippen LogP contribution in [0.15, 0.2) is 27.5 Å². The van der Waals surface area contributed by atoms with Crippen molar-refractivity contribution in [3.8, 4) is 5.75 Å². The van der Waals surface area contributed by atoms with E-state index in [1.807, 2.05) is 0 Å². The third kappa shape index (κ3) is 6.02. The molecule has 0 aliphatic heterocycles. The van der Waals surface area contributed by atoms with Crippen molar-refractivity contribution in [2.75, 3.05) is 13.4 Å². The molecule has 100 valence electrons. The molecule has 1 aromatic carbocycles. The fraction of sp³-hybridized carbons (Fsp3) is 0.222. The van der Waals surface area contributed by atoms with Gasteiger partial charge in [0.15, 0.2) is 0 Å². The van der Waals surface area contributed by atoms with Gasteiger partial charge in [0.2, 0.25) is 10.0 Å². The summed E-state index contributed by atoms with van der Waals surface area (Å²) in [5, 5.41) is 0. The van der Waals surface area contributed by atoms with Gasteiger partial charge < -0.3 is 9.29 Å². The second-order valence-corrected chi connectivity index (χ2v) is 6.38. The quantitative estimate of drug-likeness (QED) is 0.332. The SMILES string of the molecule is COc1ccc(S(=O)(=O)[O-])cc1C=NS(C)(=O)=O.[Na+]. The molecule has 0 bridgehead atoms. The summed E-state index contributed by atoms with van der Waals surface area (Å²) in [5.74, 6) is 0.204. The molecule has 0 amide bonds. The van der Waals surface area contributed by atoms with Crippen LogP contribution in [0.5, 0.6) is 5.75 Å². The van der Waals surface area contributed by atoms with E-state index in [-0.39, 0.29) is 40.9 Å². The number of sulfonamides is 1. The Bertz CT molecular complexity index is 681. The third-order valence-electron chi connectivity index (χ3n) is 1.87. The van der Waals surface area contributed by atoms with E-state index < -0.39 is 25.0 Å². The largest absolute Gasteiger partial charge is 1.00 e. The number of nitrogens with zero attached hydrogens (tertiary/aromatic N) is 1. The van der Waals surface area contributed by atoms with Gasteiger partial charge in [-0.05, 0) is 18.2 Å². The molecule has 0 heterocycles. The van der Waals surface area contributed by atoms with Crippen molar-refractivity contribution in [2.24, 2.45) is 4.40 Å². The van der Waals surface area contributed by atoms with Gasteiger partial charge in [0, 0.05) is 5.56 Å². The van der Waals surface area contributed by atoms with Crippen LogP contribution < -0.4 is 34.3 Å². The Morgan fingerprint density at radius 3 is 2.26 bits per heavy atom. The van der Waals surface area contributed by atoms with Gasteiger partial charge in [-0.3, -0.25) is 0 Å². The van der Waals surface area contributed by atoms with Gasteiger partial charge in [-0.25, -0.2) is 16.8 Å². The fourth-order valence-corrected chi connectivity index (χ4v) is 1.93. The smallest absolute Gasteiger partial charge is 0.744 e. The predicted molar refractivity (Wildman–Crippen MR) is 63.4 cm³/mol.